The highest BCUT2D eigenvalue weighted by Gasteiger charge is 2.24. The number of hydrogen-bond acceptors (Lipinski definition) is 3. The first kappa shape index (κ1) is 19.7. The topological polar surface area (TPSA) is 66.0 Å². The summed E-state index contributed by atoms with van der Waals surface area (Å²) >= 11 is 0. The first-order chi connectivity index (χ1) is 10.9. The second-order valence-electron chi connectivity index (χ2n) is 7.07. The van der Waals surface area contributed by atoms with E-state index in [1.165, 1.54) is 0 Å². The van der Waals surface area contributed by atoms with Gasteiger partial charge in [-0.2, -0.15) is 0 Å². The molecule has 0 aliphatic carbocycles. The third-order valence-corrected chi connectivity index (χ3v) is 4.10. The fourth-order valence-electron chi connectivity index (χ4n) is 2.63. The lowest BCUT2D eigenvalue weighted by atomic mass is 9.89. The van der Waals surface area contributed by atoms with Gasteiger partial charge in [0.05, 0.1) is 12.6 Å². The quantitative estimate of drug-likeness (QED) is 0.551. The molecule has 1 saturated heterocycles. The number of nitrogens with zero attached hydrogens (tertiary/aromatic N) is 2. The third-order valence-electron chi connectivity index (χ3n) is 4.10. The van der Waals surface area contributed by atoms with E-state index in [2.05, 4.69) is 36.4 Å². The van der Waals surface area contributed by atoms with Crippen LogP contribution < -0.4 is 10.6 Å². The predicted octanol–water partition coefficient (Wildman–Crippen LogP) is 1.62. The van der Waals surface area contributed by atoms with Crippen molar-refractivity contribution in [1.82, 2.24) is 15.5 Å². The van der Waals surface area contributed by atoms with E-state index >= 15 is 0 Å². The number of nitrogens with one attached hydrogen (secondary N) is 2. The summed E-state index contributed by atoms with van der Waals surface area (Å²) in [5.41, 5.74) is 0.0430. The molecule has 1 aliphatic rings. The van der Waals surface area contributed by atoms with Gasteiger partial charge in [0.1, 0.15) is 0 Å². The number of aliphatic imine (C=N–C) groups is 1. The maximum atomic E-state index is 12.0. The van der Waals surface area contributed by atoms with Gasteiger partial charge in [0.15, 0.2) is 5.96 Å². The molecule has 0 saturated carbocycles. The Morgan fingerprint density at radius 2 is 1.91 bits per heavy atom. The number of likely N-dealkylation sites (tertiary alicyclic amines) is 1. The average Bonchev–Trinajstić information content (AvgIpc) is 3.00. The Labute approximate surface area is 141 Å². The molecular weight excluding hydrogens is 292 g/mol. The molecule has 2 N–H and O–H groups in total. The van der Waals surface area contributed by atoms with Gasteiger partial charge in [0.25, 0.3) is 0 Å². The molecule has 0 aromatic carbocycles. The van der Waals surface area contributed by atoms with Gasteiger partial charge in [-0.1, -0.05) is 20.8 Å². The van der Waals surface area contributed by atoms with Gasteiger partial charge in [0, 0.05) is 39.7 Å². The van der Waals surface area contributed by atoms with Crippen molar-refractivity contribution in [2.75, 3.05) is 39.8 Å². The van der Waals surface area contributed by atoms with E-state index in [-0.39, 0.29) is 17.4 Å². The van der Waals surface area contributed by atoms with Crippen molar-refractivity contribution in [1.29, 1.82) is 0 Å². The molecule has 1 unspecified atom stereocenters. The third kappa shape index (κ3) is 7.20. The number of amides is 1. The Morgan fingerprint density at radius 3 is 2.43 bits per heavy atom. The molecule has 0 spiro atoms. The highest BCUT2D eigenvalue weighted by molar-refractivity contribution is 5.81. The van der Waals surface area contributed by atoms with Gasteiger partial charge in [-0.3, -0.25) is 9.79 Å². The van der Waals surface area contributed by atoms with Crippen molar-refractivity contribution < 1.29 is 9.53 Å². The zero-order valence-electron chi connectivity index (χ0n) is 15.4. The van der Waals surface area contributed by atoms with Crippen LogP contribution in [0.1, 0.15) is 47.0 Å². The molecule has 1 aliphatic heterocycles. The molecule has 1 fully saturated rings. The molecule has 1 rings (SSSR count). The van der Waals surface area contributed by atoms with E-state index in [0.717, 1.165) is 38.4 Å². The Bertz CT molecular complexity index is 385. The van der Waals surface area contributed by atoms with Gasteiger partial charge in [-0.25, -0.2) is 0 Å². The standard InChI is InChI=1S/C17H34N4O2/c1-6-18-16(20-13-14(23-5)17(2,3)4)19-10-9-15(22)21-11-7-8-12-21/h14H,6-13H2,1-5H3,(H2,18,19,20). The van der Waals surface area contributed by atoms with E-state index in [1.54, 1.807) is 7.11 Å². The molecule has 6 nitrogen and oxygen atoms in total. The molecule has 1 amide bonds. The minimum atomic E-state index is 0.0430. The van der Waals surface area contributed by atoms with Gasteiger partial charge in [-0.05, 0) is 25.2 Å². The van der Waals surface area contributed by atoms with Crippen molar-refractivity contribution >= 4 is 11.9 Å². The number of carbonyl (C=O) groups is 1. The highest BCUT2D eigenvalue weighted by Crippen LogP contribution is 2.21. The normalized spacial score (nSPS) is 17.3. The summed E-state index contributed by atoms with van der Waals surface area (Å²) in [6.07, 6.45) is 2.84. The SMILES string of the molecule is CCNC(=NCC(OC)C(C)(C)C)NCCC(=O)N1CCCC1. The molecule has 1 heterocycles. The number of hydrogen-bond donors (Lipinski definition) is 2. The van der Waals surface area contributed by atoms with Gasteiger partial charge < -0.3 is 20.3 Å². The average molecular weight is 326 g/mol. The molecule has 0 aromatic rings. The second kappa shape index (κ2) is 9.75. The monoisotopic (exact) mass is 326 g/mol. The van der Waals surface area contributed by atoms with Crippen LogP contribution in [0.4, 0.5) is 0 Å². The Kier molecular flexibility index (Phi) is 8.37. The zero-order valence-corrected chi connectivity index (χ0v) is 15.4. The van der Waals surface area contributed by atoms with Crippen molar-refractivity contribution in [2.45, 2.75) is 53.1 Å². The van der Waals surface area contributed by atoms with Crippen LogP contribution in [-0.4, -0.2) is 62.7 Å². The first-order valence-electron chi connectivity index (χ1n) is 8.71. The smallest absolute Gasteiger partial charge is 0.224 e. The van der Waals surface area contributed by atoms with Crippen LogP contribution in [0.5, 0.6) is 0 Å². The van der Waals surface area contributed by atoms with E-state index in [1.807, 2.05) is 11.8 Å². The Balaban J connectivity index is 2.43. The summed E-state index contributed by atoms with van der Waals surface area (Å²) in [7, 11) is 1.72. The van der Waals surface area contributed by atoms with E-state index in [9.17, 15) is 4.79 Å². The molecule has 23 heavy (non-hydrogen) atoms. The lowest BCUT2D eigenvalue weighted by molar-refractivity contribution is -0.129. The zero-order chi connectivity index (χ0) is 17.3. The number of methoxy groups -OCH3 is 1. The van der Waals surface area contributed by atoms with Crippen LogP contribution in [0.3, 0.4) is 0 Å². The van der Waals surface area contributed by atoms with E-state index in [4.69, 9.17) is 4.74 Å². The summed E-state index contributed by atoms with van der Waals surface area (Å²) < 4.78 is 5.53. The summed E-state index contributed by atoms with van der Waals surface area (Å²) in [6.45, 7) is 12.3. The number of ether oxygens (including phenoxy) is 1. The van der Waals surface area contributed by atoms with Crippen LogP contribution in [0.2, 0.25) is 0 Å². The maximum Gasteiger partial charge on any atom is 0.224 e. The minimum Gasteiger partial charge on any atom is -0.379 e. The largest absolute Gasteiger partial charge is 0.379 e. The fourth-order valence-corrected chi connectivity index (χ4v) is 2.63. The Hall–Kier alpha value is -1.30. The summed E-state index contributed by atoms with van der Waals surface area (Å²) in [6, 6.07) is 0. The molecule has 0 bridgehead atoms. The molecular formula is C17H34N4O2. The number of rotatable bonds is 7. The Morgan fingerprint density at radius 1 is 1.26 bits per heavy atom. The van der Waals surface area contributed by atoms with Crippen molar-refractivity contribution in [3.8, 4) is 0 Å². The van der Waals surface area contributed by atoms with E-state index < -0.39 is 0 Å². The number of carbonyl (C=O) groups excluding carboxylic acids is 1. The lowest BCUT2D eigenvalue weighted by Gasteiger charge is -2.28. The van der Waals surface area contributed by atoms with Crippen LogP contribution in [0.25, 0.3) is 0 Å². The fraction of sp³-hybridized carbons (Fsp3) is 0.882. The summed E-state index contributed by atoms with van der Waals surface area (Å²) in [5.74, 6) is 0.975. The predicted molar refractivity (Wildman–Crippen MR) is 94.7 cm³/mol. The van der Waals surface area contributed by atoms with Crippen LogP contribution in [0.15, 0.2) is 4.99 Å². The molecule has 0 aromatic heterocycles. The first-order valence-corrected chi connectivity index (χ1v) is 8.71. The highest BCUT2D eigenvalue weighted by atomic mass is 16.5. The van der Waals surface area contributed by atoms with Gasteiger partial charge >= 0.3 is 0 Å². The molecule has 0 radical (unpaired) electrons. The van der Waals surface area contributed by atoms with Gasteiger partial charge in [0.2, 0.25) is 5.91 Å². The van der Waals surface area contributed by atoms with Gasteiger partial charge in [-0.15, -0.1) is 0 Å². The van der Waals surface area contributed by atoms with Crippen molar-refractivity contribution in [2.24, 2.45) is 10.4 Å². The lowest BCUT2D eigenvalue weighted by Crippen LogP contribution is -2.41. The van der Waals surface area contributed by atoms with Crippen LogP contribution >= 0.6 is 0 Å². The number of guanidine groups is 1. The molecule has 6 heteroatoms. The summed E-state index contributed by atoms with van der Waals surface area (Å²) in [5, 5.41) is 6.46. The maximum absolute atomic E-state index is 12.0. The van der Waals surface area contributed by atoms with E-state index in [0.29, 0.717) is 19.5 Å². The van der Waals surface area contributed by atoms with Crippen molar-refractivity contribution in [3.05, 3.63) is 0 Å². The van der Waals surface area contributed by atoms with Crippen LogP contribution in [0, 0.1) is 5.41 Å². The van der Waals surface area contributed by atoms with Crippen molar-refractivity contribution in [3.63, 3.8) is 0 Å². The summed E-state index contributed by atoms with van der Waals surface area (Å²) in [4.78, 5) is 18.6. The second-order valence-corrected chi connectivity index (χ2v) is 7.07. The minimum absolute atomic E-state index is 0.0430. The van der Waals surface area contributed by atoms with Crippen LogP contribution in [-0.2, 0) is 9.53 Å². The molecule has 1 atom stereocenters. The molecule has 134 valence electrons.